The quantitative estimate of drug-likeness (QED) is 0.867. The first-order chi connectivity index (χ1) is 8.83. The molecule has 0 saturated heterocycles. The topological polar surface area (TPSA) is 24.9 Å². The largest absolute Gasteiger partial charge is 0.359 e. The first-order valence-corrected chi connectivity index (χ1v) is 7.77. The van der Waals surface area contributed by atoms with Gasteiger partial charge in [-0.1, -0.05) is 42.7 Å². The lowest BCUT2D eigenvalue weighted by Crippen LogP contribution is -2.27. The van der Waals surface area contributed by atoms with Gasteiger partial charge in [-0.05, 0) is 37.8 Å². The molecule has 3 rings (SSSR count). The highest BCUT2D eigenvalue weighted by Gasteiger charge is 2.20. The van der Waals surface area contributed by atoms with E-state index in [2.05, 4.69) is 41.5 Å². The van der Waals surface area contributed by atoms with Crippen LogP contribution in [0.5, 0.6) is 0 Å². The zero-order chi connectivity index (χ0) is 12.4. The van der Waals surface area contributed by atoms with Gasteiger partial charge in [0.15, 0.2) is 5.13 Å². The van der Waals surface area contributed by atoms with Crippen LogP contribution in [0, 0.1) is 5.92 Å². The van der Waals surface area contributed by atoms with E-state index in [1.165, 1.54) is 36.8 Å². The summed E-state index contributed by atoms with van der Waals surface area (Å²) in [6, 6.07) is 8.91. The van der Waals surface area contributed by atoms with Gasteiger partial charge in [-0.25, -0.2) is 4.98 Å². The van der Waals surface area contributed by atoms with Gasteiger partial charge in [0.1, 0.15) is 0 Å². The third-order valence-electron chi connectivity index (χ3n) is 4.00. The molecule has 1 saturated carbocycles. The van der Waals surface area contributed by atoms with E-state index in [4.69, 9.17) is 0 Å². The second-order valence-electron chi connectivity index (χ2n) is 5.32. The number of nitrogens with zero attached hydrogens (tertiary/aromatic N) is 1. The molecule has 1 aromatic heterocycles. The lowest BCUT2D eigenvalue weighted by atomic mass is 9.85. The summed E-state index contributed by atoms with van der Waals surface area (Å²) in [4.78, 5) is 4.65. The van der Waals surface area contributed by atoms with E-state index in [-0.39, 0.29) is 0 Å². The molecule has 1 heterocycles. The van der Waals surface area contributed by atoms with Crippen LogP contribution in [-0.2, 0) is 0 Å². The number of para-hydroxylation sites is 1. The first-order valence-electron chi connectivity index (χ1n) is 6.95. The van der Waals surface area contributed by atoms with Crippen molar-refractivity contribution in [1.82, 2.24) is 4.98 Å². The Hall–Kier alpha value is -1.09. The number of thiazole rings is 1. The molecule has 2 nitrogen and oxygen atoms in total. The molecule has 1 aliphatic rings. The maximum absolute atomic E-state index is 4.65. The Balaban J connectivity index is 1.71. The summed E-state index contributed by atoms with van der Waals surface area (Å²) < 4.78 is 1.27. The molecule has 1 fully saturated rings. The Bertz CT molecular complexity index is 481. The summed E-state index contributed by atoms with van der Waals surface area (Å²) in [7, 11) is 0. The summed E-state index contributed by atoms with van der Waals surface area (Å²) in [5.41, 5.74) is 1.11. The molecule has 1 unspecified atom stereocenters. The van der Waals surface area contributed by atoms with Crippen LogP contribution in [-0.4, -0.2) is 11.0 Å². The monoisotopic (exact) mass is 260 g/mol. The van der Waals surface area contributed by atoms with Crippen LogP contribution in [0.3, 0.4) is 0 Å². The Morgan fingerprint density at radius 1 is 1.22 bits per heavy atom. The standard InChI is InChI=1S/C15H20N2S/c1-11(12-7-3-2-4-8-12)16-15-17-13-9-5-6-10-14(13)18-15/h5-6,9-12H,2-4,7-8H2,1H3,(H,16,17). The van der Waals surface area contributed by atoms with Crippen LogP contribution < -0.4 is 5.32 Å². The maximum atomic E-state index is 4.65. The van der Waals surface area contributed by atoms with Gasteiger partial charge < -0.3 is 5.32 Å². The molecule has 3 heteroatoms. The highest BCUT2D eigenvalue weighted by molar-refractivity contribution is 7.22. The number of anilines is 1. The van der Waals surface area contributed by atoms with E-state index in [1.54, 1.807) is 11.3 Å². The van der Waals surface area contributed by atoms with Crippen molar-refractivity contribution < 1.29 is 0 Å². The molecule has 0 amide bonds. The maximum Gasteiger partial charge on any atom is 0.184 e. The molecule has 1 aliphatic carbocycles. The molecule has 96 valence electrons. The summed E-state index contributed by atoms with van der Waals surface area (Å²) >= 11 is 1.77. The molecule has 1 atom stereocenters. The van der Waals surface area contributed by atoms with Crippen LogP contribution in [0.2, 0.25) is 0 Å². The van der Waals surface area contributed by atoms with E-state index in [0.29, 0.717) is 6.04 Å². The van der Waals surface area contributed by atoms with Gasteiger partial charge in [-0.15, -0.1) is 0 Å². The number of benzene rings is 1. The lowest BCUT2D eigenvalue weighted by Gasteiger charge is -2.28. The second kappa shape index (κ2) is 5.27. The molecule has 0 bridgehead atoms. The average Bonchev–Trinajstić information content (AvgIpc) is 2.82. The van der Waals surface area contributed by atoms with E-state index in [0.717, 1.165) is 16.6 Å². The van der Waals surface area contributed by atoms with Crippen LogP contribution in [0.15, 0.2) is 24.3 Å². The molecule has 18 heavy (non-hydrogen) atoms. The minimum atomic E-state index is 0.547. The van der Waals surface area contributed by atoms with Crippen molar-refractivity contribution in [3.05, 3.63) is 24.3 Å². The summed E-state index contributed by atoms with van der Waals surface area (Å²) in [5, 5.41) is 4.69. The fourth-order valence-electron chi connectivity index (χ4n) is 2.88. The van der Waals surface area contributed by atoms with Crippen molar-refractivity contribution in [2.24, 2.45) is 5.92 Å². The van der Waals surface area contributed by atoms with Crippen LogP contribution in [0.25, 0.3) is 10.2 Å². The Kier molecular flexibility index (Phi) is 3.50. The number of aromatic nitrogens is 1. The third kappa shape index (κ3) is 2.51. The van der Waals surface area contributed by atoms with Crippen molar-refractivity contribution in [2.45, 2.75) is 45.1 Å². The minimum Gasteiger partial charge on any atom is -0.359 e. The van der Waals surface area contributed by atoms with Crippen LogP contribution in [0.1, 0.15) is 39.0 Å². The van der Waals surface area contributed by atoms with E-state index < -0.39 is 0 Å². The first kappa shape index (κ1) is 12.0. The van der Waals surface area contributed by atoms with Gasteiger partial charge in [-0.2, -0.15) is 0 Å². The lowest BCUT2D eigenvalue weighted by molar-refractivity contribution is 0.328. The SMILES string of the molecule is CC(Nc1nc2ccccc2s1)C1CCCCC1. The number of rotatable bonds is 3. The predicted octanol–water partition coefficient (Wildman–Crippen LogP) is 4.68. The van der Waals surface area contributed by atoms with E-state index in [1.807, 2.05) is 0 Å². The molecular formula is C15H20N2S. The van der Waals surface area contributed by atoms with Crippen molar-refractivity contribution in [1.29, 1.82) is 0 Å². The molecule has 2 aromatic rings. The highest BCUT2D eigenvalue weighted by atomic mass is 32.1. The fraction of sp³-hybridized carbons (Fsp3) is 0.533. The van der Waals surface area contributed by atoms with Gasteiger partial charge in [-0.3, -0.25) is 0 Å². The van der Waals surface area contributed by atoms with Gasteiger partial charge in [0.2, 0.25) is 0 Å². The Morgan fingerprint density at radius 3 is 2.78 bits per heavy atom. The zero-order valence-electron chi connectivity index (χ0n) is 10.9. The van der Waals surface area contributed by atoms with Crippen molar-refractivity contribution in [3.63, 3.8) is 0 Å². The van der Waals surface area contributed by atoms with Crippen molar-refractivity contribution in [3.8, 4) is 0 Å². The fourth-order valence-corrected chi connectivity index (χ4v) is 3.84. The number of hydrogen-bond acceptors (Lipinski definition) is 3. The second-order valence-corrected chi connectivity index (χ2v) is 6.35. The van der Waals surface area contributed by atoms with Crippen LogP contribution in [0.4, 0.5) is 5.13 Å². The molecule has 0 spiro atoms. The summed E-state index contributed by atoms with van der Waals surface area (Å²) in [6.45, 7) is 2.31. The van der Waals surface area contributed by atoms with E-state index >= 15 is 0 Å². The highest BCUT2D eigenvalue weighted by Crippen LogP contribution is 2.30. The molecule has 0 radical (unpaired) electrons. The van der Waals surface area contributed by atoms with E-state index in [9.17, 15) is 0 Å². The van der Waals surface area contributed by atoms with Gasteiger partial charge in [0.25, 0.3) is 0 Å². The normalized spacial score (nSPS) is 18.9. The third-order valence-corrected chi connectivity index (χ3v) is 4.97. The predicted molar refractivity (Wildman–Crippen MR) is 79.3 cm³/mol. The van der Waals surface area contributed by atoms with Gasteiger partial charge >= 0.3 is 0 Å². The summed E-state index contributed by atoms with van der Waals surface area (Å²) in [5.74, 6) is 0.825. The minimum absolute atomic E-state index is 0.547. The average molecular weight is 260 g/mol. The smallest absolute Gasteiger partial charge is 0.184 e. The number of nitrogens with one attached hydrogen (secondary N) is 1. The Morgan fingerprint density at radius 2 is 2.00 bits per heavy atom. The number of hydrogen-bond donors (Lipinski definition) is 1. The summed E-state index contributed by atoms with van der Waals surface area (Å²) in [6.07, 6.45) is 6.97. The van der Waals surface area contributed by atoms with Gasteiger partial charge in [0.05, 0.1) is 10.2 Å². The Labute approximate surface area is 112 Å². The van der Waals surface area contributed by atoms with Crippen molar-refractivity contribution in [2.75, 3.05) is 5.32 Å². The number of fused-ring (bicyclic) bond motifs is 1. The molecule has 1 aromatic carbocycles. The molecule has 1 N–H and O–H groups in total. The van der Waals surface area contributed by atoms with Gasteiger partial charge in [0, 0.05) is 6.04 Å². The van der Waals surface area contributed by atoms with Crippen molar-refractivity contribution >= 4 is 26.7 Å². The zero-order valence-corrected chi connectivity index (χ0v) is 11.7. The molecule has 0 aliphatic heterocycles. The molecular weight excluding hydrogens is 240 g/mol. The van der Waals surface area contributed by atoms with Crippen LogP contribution >= 0.6 is 11.3 Å².